The Bertz CT molecular complexity index is 676. The summed E-state index contributed by atoms with van der Waals surface area (Å²) < 4.78 is 0. The van der Waals surface area contributed by atoms with Gasteiger partial charge in [0, 0.05) is 23.9 Å². The first kappa shape index (κ1) is 17.3. The van der Waals surface area contributed by atoms with Gasteiger partial charge in [0.25, 0.3) is 5.69 Å². The average Bonchev–Trinajstić information content (AvgIpc) is 2.94. The van der Waals surface area contributed by atoms with Crippen LogP contribution in [-0.2, 0) is 9.59 Å². The molecule has 2 amide bonds. The number of nitro benzene ring substituents is 1. The monoisotopic (exact) mass is 346 g/mol. The van der Waals surface area contributed by atoms with Crippen LogP contribution in [-0.4, -0.2) is 40.3 Å². The number of likely N-dealkylation sites (tertiary alicyclic amines) is 1. The predicted octanol–water partition coefficient (Wildman–Crippen LogP) is 1.65. The van der Waals surface area contributed by atoms with Crippen molar-refractivity contribution < 1.29 is 14.5 Å². The molecule has 3 rings (SSSR count). The van der Waals surface area contributed by atoms with Crippen LogP contribution in [0, 0.1) is 16.0 Å². The summed E-state index contributed by atoms with van der Waals surface area (Å²) in [4.78, 5) is 36.3. The molecule has 0 spiro atoms. The Morgan fingerprint density at radius 2 is 1.92 bits per heavy atom. The van der Waals surface area contributed by atoms with E-state index >= 15 is 0 Å². The lowest BCUT2D eigenvalue weighted by atomic mass is 9.84. The molecule has 0 unspecified atom stereocenters. The van der Waals surface area contributed by atoms with Crippen LogP contribution in [0.2, 0.25) is 0 Å². The highest BCUT2D eigenvalue weighted by atomic mass is 16.6. The van der Waals surface area contributed by atoms with Gasteiger partial charge < -0.3 is 11.1 Å². The lowest BCUT2D eigenvalue weighted by molar-refractivity contribution is -0.384. The largest absolute Gasteiger partial charge is 0.368 e. The molecule has 2 fully saturated rings. The number of carbonyl (C=O) groups excluding carboxylic acids is 2. The highest BCUT2D eigenvalue weighted by Gasteiger charge is 2.44. The fraction of sp³-hybridized carbons (Fsp3) is 0.529. The lowest BCUT2D eigenvalue weighted by Crippen LogP contribution is -2.48. The van der Waals surface area contributed by atoms with Crippen LogP contribution in [0.4, 0.5) is 11.4 Å². The van der Waals surface area contributed by atoms with Gasteiger partial charge in [0.15, 0.2) is 0 Å². The summed E-state index contributed by atoms with van der Waals surface area (Å²) in [6.07, 6.45) is 5.06. The van der Waals surface area contributed by atoms with Crippen molar-refractivity contribution in [2.24, 2.45) is 11.7 Å². The van der Waals surface area contributed by atoms with Crippen LogP contribution >= 0.6 is 0 Å². The third-order valence-corrected chi connectivity index (χ3v) is 5.24. The van der Waals surface area contributed by atoms with Crippen molar-refractivity contribution in [2.45, 2.75) is 44.2 Å². The number of amides is 2. The van der Waals surface area contributed by atoms with E-state index in [-0.39, 0.29) is 30.1 Å². The molecule has 8 nitrogen and oxygen atoms in total. The van der Waals surface area contributed by atoms with E-state index in [1.807, 2.05) is 4.90 Å². The van der Waals surface area contributed by atoms with Gasteiger partial charge in [-0.05, 0) is 37.3 Å². The third kappa shape index (κ3) is 3.79. The number of nitrogens with zero attached hydrogens (tertiary/aromatic N) is 2. The summed E-state index contributed by atoms with van der Waals surface area (Å²) in [6, 6.07) is 5.51. The second-order valence-corrected chi connectivity index (χ2v) is 6.79. The maximum Gasteiger partial charge on any atom is 0.269 e. The molecular weight excluding hydrogens is 324 g/mol. The number of non-ortho nitro benzene ring substituents is 1. The molecule has 0 radical (unpaired) electrons. The molecule has 134 valence electrons. The number of nitrogens with one attached hydrogen (secondary N) is 1. The van der Waals surface area contributed by atoms with Gasteiger partial charge in [-0.3, -0.25) is 24.6 Å². The summed E-state index contributed by atoms with van der Waals surface area (Å²) in [6.45, 7) is 0.103. The molecule has 1 aliphatic carbocycles. The molecule has 1 aromatic rings. The van der Waals surface area contributed by atoms with Gasteiger partial charge in [0.1, 0.15) is 0 Å². The quantitative estimate of drug-likeness (QED) is 0.621. The minimum Gasteiger partial charge on any atom is -0.368 e. The average molecular weight is 346 g/mol. The Morgan fingerprint density at radius 3 is 2.56 bits per heavy atom. The number of anilines is 1. The van der Waals surface area contributed by atoms with Crippen molar-refractivity contribution in [3.05, 3.63) is 34.4 Å². The van der Waals surface area contributed by atoms with Crippen LogP contribution < -0.4 is 11.1 Å². The molecular formula is C17H22N4O4. The minimum absolute atomic E-state index is 0.0311. The fourth-order valence-electron chi connectivity index (χ4n) is 4.09. The third-order valence-electron chi connectivity index (χ3n) is 5.24. The fourth-order valence-corrected chi connectivity index (χ4v) is 4.09. The molecule has 25 heavy (non-hydrogen) atoms. The molecule has 1 saturated carbocycles. The zero-order valence-corrected chi connectivity index (χ0v) is 13.9. The van der Waals surface area contributed by atoms with Crippen LogP contribution in [0.5, 0.6) is 0 Å². The van der Waals surface area contributed by atoms with Gasteiger partial charge in [-0.1, -0.05) is 12.8 Å². The van der Waals surface area contributed by atoms with Crippen LogP contribution in [0.3, 0.4) is 0 Å². The Labute approximate surface area is 145 Å². The molecule has 2 aliphatic rings. The molecule has 1 aromatic carbocycles. The maximum absolute atomic E-state index is 12.4. The molecule has 1 heterocycles. The zero-order chi connectivity index (χ0) is 18.0. The van der Waals surface area contributed by atoms with E-state index in [1.165, 1.54) is 24.3 Å². The number of carbonyl (C=O) groups is 2. The summed E-state index contributed by atoms with van der Waals surface area (Å²) in [5.74, 6) is -0.192. The van der Waals surface area contributed by atoms with Gasteiger partial charge in [-0.25, -0.2) is 0 Å². The number of hydrogen-bond donors (Lipinski definition) is 2. The van der Waals surface area contributed by atoms with E-state index in [9.17, 15) is 19.7 Å². The normalized spacial score (nSPS) is 26.0. The number of nitro groups is 1. The van der Waals surface area contributed by atoms with E-state index < -0.39 is 11.0 Å². The van der Waals surface area contributed by atoms with Crippen molar-refractivity contribution >= 4 is 23.2 Å². The molecule has 3 atom stereocenters. The molecule has 1 saturated heterocycles. The Morgan fingerprint density at radius 1 is 1.24 bits per heavy atom. The van der Waals surface area contributed by atoms with E-state index in [1.54, 1.807) is 0 Å². The summed E-state index contributed by atoms with van der Waals surface area (Å²) in [5.41, 5.74) is 6.00. The first-order chi connectivity index (χ1) is 12.0. The SMILES string of the molecule is NC(=O)[C@@H]1C[C@H]2CCCC[C@@H]2N1CC(=O)Nc1ccc([N+](=O)[O-])cc1. The smallest absolute Gasteiger partial charge is 0.269 e. The van der Waals surface area contributed by atoms with Crippen LogP contribution in [0.1, 0.15) is 32.1 Å². The van der Waals surface area contributed by atoms with Gasteiger partial charge in [-0.2, -0.15) is 0 Å². The minimum atomic E-state index is -0.490. The molecule has 3 N–H and O–H groups in total. The standard InChI is InChI=1S/C17H22N4O4/c18-17(23)15-9-11-3-1-2-4-14(11)20(15)10-16(22)19-12-5-7-13(8-6-12)21(24)25/h5-8,11,14-15H,1-4,9-10H2,(H2,18,23)(H,19,22)/t11-,14+,15+/m1/s1. The second kappa shape index (κ2) is 7.18. The molecule has 0 bridgehead atoms. The van der Waals surface area contributed by atoms with Crippen LogP contribution in [0.15, 0.2) is 24.3 Å². The number of benzene rings is 1. The number of nitrogens with two attached hydrogens (primary N) is 1. The van der Waals surface area contributed by atoms with Crippen molar-refractivity contribution in [3.63, 3.8) is 0 Å². The molecule has 8 heteroatoms. The van der Waals surface area contributed by atoms with Crippen LogP contribution in [0.25, 0.3) is 0 Å². The van der Waals surface area contributed by atoms with E-state index in [4.69, 9.17) is 5.73 Å². The summed E-state index contributed by atoms with van der Waals surface area (Å²) >= 11 is 0. The maximum atomic E-state index is 12.4. The van der Waals surface area contributed by atoms with Gasteiger partial charge in [0.05, 0.1) is 17.5 Å². The van der Waals surface area contributed by atoms with Gasteiger partial charge in [0.2, 0.25) is 11.8 Å². The Kier molecular flexibility index (Phi) is 4.98. The van der Waals surface area contributed by atoms with Gasteiger partial charge in [-0.15, -0.1) is 0 Å². The number of primary amides is 1. The Balaban J connectivity index is 1.65. The summed E-state index contributed by atoms with van der Waals surface area (Å²) in [5, 5.41) is 13.4. The molecule has 1 aliphatic heterocycles. The first-order valence-electron chi connectivity index (χ1n) is 8.55. The topological polar surface area (TPSA) is 119 Å². The number of fused-ring (bicyclic) bond motifs is 1. The first-order valence-corrected chi connectivity index (χ1v) is 8.55. The van der Waals surface area contributed by atoms with Crippen molar-refractivity contribution in [2.75, 3.05) is 11.9 Å². The van der Waals surface area contributed by atoms with Gasteiger partial charge >= 0.3 is 0 Å². The zero-order valence-electron chi connectivity index (χ0n) is 13.9. The summed E-state index contributed by atoms with van der Waals surface area (Å²) in [7, 11) is 0. The van der Waals surface area contributed by atoms with Crippen molar-refractivity contribution in [1.82, 2.24) is 4.90 Å². The van der Waals surface area contributed by atoms with Crippen molar-refractivity contribution in [1.29, 1.82) is 0 Å². The lowest BCUT2D eigenvalue weighted by Gasteiger charge is -2.32. The highest BCUT2D eigenvalue weighted by Crippen LogP contribution is 2.39. The highest BCUT2D eigenvalue weighted by molar-refractivity contribution is 5.93. The van der Waals surface area contributed by atoms with E-state index in [0.717, 1.165) is 32.1 Å². The number of rotatable bonds is 5. The number of hydrogen-bond acceptors (Lipinski definition) is 5. The predicted molar refractivity (Wildman–Crippen MR) is 91.8 cm³/mol. The van der Waals surface area contributed by atoms with Crippen molar-refractivity contribution in [3.8, 4) is 0 Å². The van der Waals surface area contributed by atoms with E-state index in [2.05, 4.69) is 5.32 Å². The second-order valence-electron chi connectivity index (χ2n) is 6.79. The van der Waals surface area contributed by atoms with E-state index in [0.29, 0.717) is 11.6 Å². The Hall–Kier alpha value is -2.48. The molecule has 0 aromatic heterocycles.